The second-order valence-electron chi connectivity index (χ2n) is 5.94. The van der Waals surface area contributed by atoms with Crippen LogP contribution in [0.5, 0.6) is 0 Å². The molecule has 2 N–H and O–H groups in total. The Labute approximate surface area is 148 Å². The largest absolute Gasteiger partial charge is 0.344 e. The van der Waals surface area contributed by atoms with Gasteiger partial charge in [0.2, 0.25) is 0 Å². The van der Waals surface area contributed by atoms with Crippen LogP contribution in [0.2, 0.25) is 0 Å². The number of benzene rings is 2. The average Bonchev–Trinajstić information content (AvgIpc) is 3.23. The van der Waals surface area contributed by atoms with E-state index in [9.17, 15) is 4.79 Å². The zero-order valence-electron chi connectivity index (χ0n) is 12.9. The van der Waals surface area contributed by atoms with E-state index in [1.807, 2.05) is 36.4 Å². The van der Waals surface area contributed by atoms with Gasteiger partial charge < -0.3 is 5.32 Å². The summed E-state index contributed by atoms with van der Waals surface area (Å²) in [5, 5.41) is 10.2. The topological polar surface area (TPSA) is 57.8 Å². The molecule has 4 nitrogen and oxygen atoms in total. The van der Waals surface area contributed by atoms with Crippen LogP contribution in [0.1, 0.15) is 34.1 Å². The Bertz CT molecular complexity index is 886. The van der Waals surface area contributed by atoms with E-state index in [1.54, 1.807) is 6.07 Å². The van der Waals surface area contributed by atoms with Gasteiger partial charge in [-0.25, -0.2) is 0 Å². The first-order valence-corrected chi connectivity index (χ1v) is 8.70. The molecule has 0 bridgehead atoms. The van der Waals surface area contributed by atoms with Crippen molar-refractivity contribution in [3.63, 3.8) is 0 Å². The van der Waals surface area contributed by atoms with Crippen LogP contribution in [-0.4, -0.2) is 16.1 Å². The van der Waals surface area contributed by atoms with Crippen LogP contribution in [0, 0.1) is 0 Å². The number of aromatic amines is 1. The van der Waals surface area contributed by atoms with Crippen LogP contribution in [0.4, 0.5) is 0 Å². The third kappa shape index (κ3) is 2.87. The smallest absolute Gasteiger partial charge is 0.269 e. The predicted molar refractivity (Wildman–Crippen MR) is 96.7 cm³/mol. The summed E-state index contributed by atoms with van der Waals surface area (Å²) in [7, 11) is 0. The summed E-state index contributed by atoms with van der Waals surface area (Å²) in [6, 6.07) is 18.0. The fraction of sp³-hybridized carbons (Fsp3) is 0.158. The molecule has 24 heavy (non-hydrogen) atoms. The molecule has 3 aromatic rings. The number of aromatic nitrogens is 2. The highest BCUT2D eigenvalue weighted by atomic mass is 79.9. The molecule has 2 aromatic carbocycles. The van der Waals surface area contributed by atoms with Crippen molar-refractivity contribution in [2.75, 3.05) is 0 Å². The van der Waals surface area contributed by atoms with Gasteiger partial charge >= 0.3 is 0 Å². The van der Waals surface area contributed by atoms with Crippen molar-refractivity contribution in [3.8, 4) is 11.3 Å². The van der Waals surface area contributed by atoms with Crippen molar-refractivity contribution >= 4 is 21.8 Å². The van der Waals surface area contributed by atoms with Crippen LogP contribution in [0.25, 0.3) is 11.3 Å². The number of hydrogen-bond donors (Lipinski definition) is 2. The molecule has 0 aliphatic heterocycles. The molecular weight excluding hydrogens is 366 g/mol. The minimum absolute atomic E-state index is 0.0770. The van der Waals surface area contributed by atoms with Crippen LogP contribution >= 0.6 is 15.9 Å². The second-order valence-corrected chi connectivity index (χ2v) is 6.85. The minimum Gasteiger partial charge on any atom is -0.344 e. The third-order valence-electron chi connectivity index (χ3n) is 4.40. The SMILES string of the molecule is O=C(N[C@H]1CCc2ccccc21)c1cc(-c2ccc(Br)cc2)n[nH]1. The van der Waals surface area contributed by atoms with Crippen molar-refractivity contribution in [1.29, 1.82) is 0 Å². The molecule has 1 aliphatic rings. The molecule has 1 aliphatic carbocycles. The van der Waals surface area contributed by atoms with Crippen LogP contribution in [0.3, 0.4) is 0 Å². The summed E-state index contributed by atoms with van der Waals surface area (Å²) in [5.74, 6) is -0.118. The number of nitrogens with one attached hydrogen (secondary N) is 2. The van der Waals surface area contributed by atoms with Crippen LogP contribution < -0.4 is 5.32 Å². The van der Waals surface area contributed by atoms with E-state index in [1.165, 1.54) is 11.1 Å². The monoisotopic (exact) mass is 381 g/mol. The van der Waals surface area contributed by atoms with E-state index in [2.05, 4.69) is 43.6 Å². The van der Waals surface area contributed by atoms with Crippen molar-refractivity contribution in [2.45, 2.75) is 18.9 Å². The molecule has 0 unspecified atom stereocenters. The lowest BCUT2D eigenvalue weighted by atomic mass is 10.1. The van der Waals surface area contributed by atoms with Gasteiger partial charge in [-0.15, -0.1) is 0 Å². The van der Waals surface area contributed by atoms with E-state index in [4.69, 9.17) is 0 Å². The summed E-state index contributed by atoms with van der Waals surface area (Å²) in [6.45, 7) is 0. The third-order valence-corrected chi connectivity index (χ3v) is 4.93. The van der Waals surface area contributed by atoms with Gasteiger partial charge in [0.05, 0.1) is 11.7 Å². The molecule has 1 amide bonds. The maximum Gasteiger partial charge on any atom is 0.269 e. The van der Waals surface area contributed by atoms with Gasteiger partial charge in [-0.3, -0.25) is 9.89 Å². The van der Waals surface area contributed by atoms with Gasteiger partial charge in [0.15, 0.2) is 0 Å². The number of amides is 1. The van der Waals surface area contributed by atoms with Crippen molar-refractivity contribution in [3.05, 3.63) is 75.9 Å². The first kappa shape index (κ1) is 15.1. The summed E-state index contributed by atoms with van der Waals surface area (Å²) in [4.78, 5) is 12.5. The minimum atomic E-state index is -0.118. The second kappa shape index (κ2) is 6.24. The molecule has 0 radical (unpaired) electrons. The molecule has 0 saturated heterocycles. The molecule has 0 saturated carbocycles. The summed E-state index contributed by atoms with van der Waals surface area (Å²) in [6.07, 6.45) is 1.95. The first-order valence-electron chi connectivity index (χ1n) is 7.91. The summed E-state index contributed by atoms with van der Waals surface area (Å²) in [5.41, 5.74) is 4.76. The number of aryl methyl sites for hydroxylation is 1. The molecule has 0 fully saturated rings. The van der Waals surface area contributed by atoms with Gasteiger partial charge in [0.1, 0.15) is 5.69 Å². The predicted octanol–water partition coefficient (Wildman–Crippen LogP) is 4.26. The molecule has 1 atom stereocenters. The number of nitrogens with zero attached hydrogens (tertiary/aromatic N) is 1. The highest BCUT2D eigenvalue weighted by molar-refractivity contribution is 9.10. The Hall–Kier alpha value is -2.40. The van der Waals surface area contributed by atoms with Gasteiger partial charge in [-0.05, 0) is 42.2 Å². The average molecular weight is 382 g/mol. The lowest BCUT2D eigenvalue weighted by Gasteiger charge is -2.13. The zero-order valence-corrected chi connectivity index (χ0v) is 14.5. The van der Waals surface area contributed by atoms with Crippen molar-refractivity contribution in [1.82, 2.24) is 15.5 Å². The summed E-state index contributed by atoms with van der Waals surface area (Å²) < 4.78 is 1.01. The van der Waals surface area contributed by atoms with Crippen LogP contribution in [0.15, 0.2) is 59.1 Å². The molecule has 0 spiro atoms. The van der Waals surface area contributed by atoms with Crippen LogP contribution in [-0.2, 0) is 6.42 Å². The molecule has 1 heterocycles. The lowest BCUT2D eigenvalue weighted by molar-refractivity contribution is 0.0931. The summed E-state index contributed by atoms with van der Waals surface area (Å²) >= 11 is 3.42. The Morgan fingerprint density at radius 1 is 1.17 bits per heavy atom. The molecule has 1 aromatic heterocycles. The number of fused-ring (bicyclic) bond motifs is 1. The van der Waals surface area contributed by atoms with E-state index >= 15 is 0 Å². The standard InChI is InChI=1S/C19H16BrN3O/c20-14-8-5-13(6-9-14)17-11-18(23-22-17)19(24)21-16-10-7-12-3-1-2-4-15(12)16/h1-6,8-9,11,16H,7,10H2,(H,21,24)(H,22,23)/t16-/m0/s1. The number of carbonyl (C=O) groups is 1. The zero-order chi connectivity index (χ0) is 16.5. The molecular formula is C19H16BrN3O. The molecule has 120 valence electrons. The normalized spacial score (nSPS) is 16.0. The Morgan fingerprint density at radius 2 is 1.96 bits per heavy atom. The Kier molecular flexibility index (Phi) is 3.94. The van der Waals surface area contributed by atoms with Gasteiger partial charge in [-0.1, -0.05) is 52.3 Å². The molecule has 4 rings (SSSR count). The number of carbonyl (C=O) groups excluding carboxylic acids is 1. The number of H-pyrrole nitrogens is 1. The Balaban J connectivity index is 1.51. The fourth-order valence-corrected chi connectivity index (χ4v) is 3.41. The number of rotatable bonds is 3. The highest BCUT2D eigenvalue weighted by Gasteiger charge is 2.24. The van der Waals surface area contributed by atoms with Gasteiger partial charge in [0.25, 0.3) is 5.91 Å². The highest BCUT2D eigenvalue weighted by Crippen LogP contribution is 2.31. The van der Waals surface area contributed by atoms with E-state index in [-0.39, 0.29) is 11.9 Å². The maximum absolute atomic E-state index is 12.5. The fourth-order valence-electron chi connectivity index (χ4n) is 3.15. The number of hydrogen-bond acceptors (Lipinski definition) is 2. The van der Waals surface area contributed by atoms with Gasteiger partial charge in [0, 0.05) is 10.0 Å². The molecule has 5 heteroatoms. The maximum atomic E-state index is 12.5. The van der Waals surface area contributed by atoms with Crippen molar-refractivity contribution < 1.29 is 4.79 Å². The lowest BCUT2D eigenvalue weighted by Crippen LogP contribution is -2.27. The Morgan fingerprint density at radius 3 is 2.79 bits per heavy atom. The van der Waals surface area contributed by atoms with E-state index in [0.717, 1.165) is 28.6 Å². The first-order chi connectivity index (χ1) is 11.7. The van der Waals surface area contributed by atoms with Gasteiger partial charge in [-0.2, -0.15) is 5.10 Å². The quantitative estimate of drug-likeness (QED) is 0.711. The van der Waals surface area contributed by atoms with Crippen molar-refractivity contribution in [2.24, 2.45) is 0 Å². The van der Waals surface area contributed by atoms with E-state index < -0.39 is 0 Å². The van der Waals surface area contributed by atoms with E-state index in [0.29, 0.717) is 5.69 Å². The number of halogens is 1.